The number of methoxy groups -OCH3 is 1. The lowest BCUT2D eigenvalue weighted by molar-refractivity contribution is -0.130. The minimum atomic E-state index is -0.683. The Kier molecular flexibility index (Phi) is 8.69. The minimum absolute atomic E-state index is 0.179. The topological polar surface area (TPSA) is 146 Å². The van der Waals surface area contributed by atoms with Crippen LogP contribution in [0.3, 0.4) is 0 Å². The molecule has 1 aliphatic carbocycles. The number of nitrogens with one attached hydrogen (secondary N) is 3. The van der Waals surface area contributed by atoms with E-state index in [0.717, 1.165) is 75.8 Å². The number of amides is 2. The van der Waals surface area contributed by atoms with Gasteiger partial charge in [-0.2, -0.15) is 0 Å². The first-order chi connectivity index (χ1) is 26.3. The number of carbonyl (C=O) groups excluding carboxylic acids is 2. The second-order valence-corrected chi connectivity index (χ2v) is 15.3. The fraction of sp³-hybridized carbons (Fsp3) is 0.359. The molecule has 6 heterocycles. The average molecular weight is 750 g/mol. The molecular formula is C39H40FN9O4S. The number of thiazole rings is 1. The van der Waals surface area contributed by atoms with E-state index in [1.54, 1.807) is 22.4 Å². The monoisotopic (exact) mass is 749 g/mol. The number of aromatic amines is 2. The number of H-pyrrole nitrogens is 2. The van der Waals surface area contributed by atoms with E-state index in [9.17, 15) is 9.59 Å². The fourth-order valence-corrected chi connectivity index (χ4v) is 8.72. The van der Waals surface area contributed by atoms with Gasteiger partial charge < -0.3 is 29.7 Å². The molecule has 13 nitrogen and oxygen atoms in total. The van der Waals surface area contributed by atoms with Crippen molar-refractivity contribution in [2.75, 3.05) is 33.8 Å². The van der Waals surface area contributed by atoms with E-state index in [2.05, 4.69) is 59.7 Å². The van der Waals surface area contributed by atoms with Gasteiger partial charge in [0.2, 0.25) is 12.1 Å². The summed E-state index contributed by atoms with van der Waals surface area (Å²) in [6.07, 6.45) is 8.71. The molecule has 2 amide bonds. The molecule has 6 aromatic rings. The zero-order valence-corrected chi connectivity index (χ0v) is 31.0. The summed E-state index contributed by atoms with van der Waals surface area (Å²) in [5.41, 5.74) is 5.12. The summed E-state index contributed by atoms with van der Waals surface area (Å²) in [5.74, 6) is 1.69. The summed E-state index contributed by atoms with van der Waals surface area (Å²) < 4.78 is 29.9. The third kappa shape index (κ3) is 6.20. The molecule has 3 aliphatic rings. The Bertz CT molecular complexity index is 2390. The lowest BCUT2D eigenvalue weighted by Gasteiger charge is -2.29. The van der Waals surface area contributed by atoms with E-state index < -0.39 is 18.1 Å². The van der Waals surface area contributed by atoms with Gasteiger partial charge in [0.05, 0.1) is 70.1 Å². The third-order valence-electron chi connectivity index (χ3n) is 10.7. The number of likely N-dealkylation sites (N-methyl/N-ethyl adjacent to an activating group) is 1. The lowest BCUT2D eigenvalue weighted by Crippen LogP contribution is -2.39. The van der Waals surface area contributed by atoms with Crippen LogP contribution in [0, 0.1) is 5.82 Å². The Morgan fingerprint density at radius 2 is 1.89 bits per heavy atom. The molecule has 0 radical (unpaired) electrons. The van der Waals surface area contributed by atoms with Gasteiger partial charge in [-0.3, -0.25) is 14.3 Å². The first-order valence-electron chi connectivity index (χ1n) is 18.3. The molecule has 2 aromatic carbocycles. The summed E-state index contributed by atoms with van der Waals surface area (Å²) in [5, 5.41) is 4.48. The van der Waals surface area contributed by atoms with Crippen molar-refractivity contribution in [2.45, 2.75) is 57.3 Å². The van der Waals surface area contributed by atoms with Gasteiger partial charge in [0, 0.05) is 35.2 Å². The van der Waals surface area contributed by atoms with E-state index in [-0.39, 0.29) is 25.0 Å². The predicted molar refractivity (Wildman–Crippen MR) is 201 cm³/mol. The van der Waals surface area contributed by atoms with Crippen LogP contribution >= 0.6 is 11.3 Å². The first-order valence-corrected chi connectivity index (χ1v) is 19.1. The van der Waals surface area contributed by atoms with E-state index in [1.165, 1.54) is 13.2 Å². The molecule has 2 unspecified atom stereocenters. The number of alkyl carbamates (subject to hydrolysis) is 1. The van der Waals surface area contributed by atoms with Crippen LogP contribution in [0.1, 0.15) is 72.3 Å². The van der Waals surface area contributed by atoms with Gasteiger partial charge >= 0.3 is 6.09 Å². The molecular weight excluding hydrogens is 710 g/mol. The standard InChI is InChI=1S/C39H40FN9O4S/c1-4-48(34(50)19-44-39(51)52-3)20-33-41-16-27(45-33)23-13-25(40)35-30-14-24-12-22(26-17-42-36(46-26)29-6-5-11-47(29)2)9-10-28(24)49(30)38(53-31(35)15-23)32-18-43-37(54-32)21-7-8-21/h9-10,12-18,21,29,38H,4-8,11,19-20H2,1-3H3,(H,41,45)(H,42,46)(H,44,51). The number of hydrogen-bond donors (Lipinski definition) is 3. The number of halogens is 1. The van der Waals surface area contributed by atoms with E-state index in [4.69, 9.17) is 14.7 Å². The molecule has 2 atom stereocenters. The molecule has 4 aromatic heterocycles. The number of aromatic nitrogens is 6. The number of ether oxygens (including phenoxy) is 2. The molecule has 1 saturated carbocycles. The van der Waals surface area contributed by atoms with E-state index in [1.807, 2.05) is 31.5 Å². The second kappa shape index (κ2) is 13.7. The SMILES string of the molecule is CCN(Cc1ncc(-c2cc(F)c3c(c2)OC(c2cnc(C4CC4)s2)n2c-3cc3cc(-c4cnc(C5CCCN5C)[nH]4)ccc32)[nH]1)C(=O)CNC(=O)OC. The number of nitrogens with zero attached hydrogens (tertiary/aromatic N) is 6. The van der Waals surface area contributed by atoms with Crippen LogP contribution in [0.5, 0.6) is 5.75 Å². The highest BCUT2D eigenvalue weighted by molar-refractivity contribution is 7.11. The van der Waals surface area contributed by atoms with Crippen LogP contribution < -0.4 is 10.1 Å². The zero-order chi connectivity index (χ0) is 37.1. The first kappa shape index (κ1) is 34.2. The Morgan fingerprint density at radius 3 is 2.67 bits per heavy atom. The van der Waals surface area contributed by atoms with Crippen molar-refractivity contribution in [1.29, 1.82) is 0 Å². The molecule has 54 heavy (non-hydrogen) atoms. The van der Waals surface area contributed by atoms with Crippen molar-refractivity contribution in [1.82, 2.24) is 44.6 Å². The van der Waals surface area contributed by atoms with Crippen LogP contribution in [0.4, 0.5) is 9.18 Å². The largest absolute Gasteiger partial charge is 0.464 e. The average Bonchev–Trinajstić information content (AvgIpc) is 3.72. The number of rotatable bonds is 10. The molecule has 15 heteroatoms. The molecule has 0 bridgehead atoms. The highest BCUT2D eigenvalue weighted by Crippen LogP contribution is 2.49. The van der Waals surface area contributed by atoms with Crippen LogP contribution in [0.2, 0.25) is 0 Å². The summed E-state index contributed by atoms with van der Waals surface area (Å²) in [7, 11) is 3.38. The summed E-state index contributed by atoms with van der Waals surface area (Å²) in [6, 6.07) is 11.9. The van der Waals surface area contributed by atoms with Crippen LogP contribution in [-0.4, -0.2) is 85.1 Å². The molecule has 278 valence electrons. The molecule has 1 saturated heterocycles. The highest BCUT2D eigenvalue weighted by atomic mass is 32.1. The third-order valence-corrected chi connectivity index (χ3v) is 11.9. The Morgan fingerprint density at radius 1 is 1.06 bits per heavy atom. The molecule has 2 aliphatic heterocycles. The number of carbonyl (C=O) groups is 2. The smallest absolute Gasteiger partial charge is 0.407 e. The summed E-state index contributed by atoms with van der Waals surface area (Å²) >= 11 is 1.65. The second-order valence-electron chi connectivity index (χ2n) is 14.2. The molecule has 2 fully saturated rings. The number of likely N-dealkylation sites (tertiary alicyclic amines) is 1. The van der Waals surface area contributed by atoms with Crippen LogP contribution in [-0.2, 0) is 16.1 Å². The predicted octanol–water partition coefficient (Wildman–Crippen LogP) is 6.97. The van der Waals surface area contributed by atoms with Gasteiger partial charge in [0.1, 0.15) is 29.8 Å². The van der Waals surface area contributed by atoms with Gasteiger partial charge in [0.15, 0.2) is 0 Å². The summed E-state index contributed by atoms with van der Waals surface area (Å²) in [6.45, 7) is 3.28. The zero-order valence-electron chi connectivity index (χ0n) is 30.2. The van der Waals surface area contributed by atoms with Gasteiger partial charge in [-0.15, -0.1) is 11.3 Å². The van der Waals surface area contributed by atoms with Gasteiger partial charge in [-0.25, -0.2) is 24.1 Å². The van der Waals surface area contributed by atoms with Crippen molar-refractivity contribution >= 4 is 34.2 Å². The van der Waals surface area contributed by atoms with Crippen molar-refractivity contribution in [2.24, 2.45) is 0 Å². The molecule has 3 N–H and O–H groups in total. The van der Waals surface area contributed by atoms with Gasteiger partial charge in [0.25, 0.3) is 0 Å². The van der Waals surface area contributed by atoms with Crippen molar-refractivity contribution in [3.8, 4) is 39.5 Å². The van der Waals surface area contributed by atoms with E-state index in [0.29, 0.717) is 40.9 Å². The Labute approximate surface area is 314 Å². The maximum Gasteiger partial charge on any atom is 0.407 e. The quantitative estimate of drug-likeness (QED) is 0.136. The maximum absolute atomic E-state index is 16.5. The normalized spacial score (nSPS) is 18.0. The highest BCUT2D eigenvalue weighted by Gasteiger charge is 2.35. The van der Waals surface area contributed by atoms with Crippen molar-refractivity contribution in [3.05, 3.63) is 82.3 Å². The number of fused-ring (bicyclic) bond motifs is 5. The molecule has 0 spiro atoms. The van der Waals surface area contributed by atoms with Crippen LogP contribution in [0.15, 0.2) is 55.0 Å². The minimum Gasteiger partial charge on any atom is -0.464 e. The van der Waals surface area contributed by atoms with Crippen molar-refractivity contribution < 1.29 is 23.5 Å². The number of imidazole rings is 2. The maximum atomic E-state index is 16.5. The van der Waals surface area contributed by atoms with Crippen molar-refractivity contribution in [3.63, 3.8) is 0 Å². The van der Waals surface area contributed by atoms with Gasteiger partial charge in [-0.1, -0.05) is 6.07 Å². The Balaban J connectivity index is 1.06. The van der Waals surface area contributed by atoms with E-state index >= 15 is 4.39 Å². The fourth-order valence-electron chi connectivity index (χ4n) is 7.61. The summed E-state index contributed by atoms with van der Waals surface area (Å²) in [4.78, 5) is 49.8. The molecule has 9 rings (SSSR count). The number of benzene rings is 2. The number of hydrogen-bond acceptors (Lipinski definition) is 9. The Hall–Kier alpha value is -5.54. The lowest BCUT2D eigenvalue weighted by atomic mass is 10.0. The van der Waals surface area contributed by atoms with Gasteiger partial charge in [-0.05, 0) is 76.5 Å². The van der Waals surface area contributed by atoms with Crippen LogP contribution in [0.25, 0.3) is 44.7 Å².